The second-order valence-electron chi connectivity index (χ2n) is 6.55. The van der Waals surface area contributed by atoms with E-state index >= 15 is 0 Å². The normalized spacial score (nSPS) is 13.8. The summed E-state index contributed by atoms with van der Waals surface area (Å²) < 4.78 is 13.3. The van der Waals surface area contributed by atoms with E-state index in [1.54, 1.807) is 30.0 Å². The van der Waals surface area contributed by atoms with Crippen LogP contribution in [0.1, 0.15) is 17.3 Å². The third kappa shape index (κ3) is 5.21. The summed E-state index contributed by atoms with van der Waals surface area (Å²) in [5.74, 6) is -0.970. The van der Waals surface area contributed by atoms with Crippen molar-refractivity contribution >= 4 is 52.1 Å². The van der Waals surface area contributed by atoms with E-state index in [1.165, 1.54) is 18.2 Å². The van der Waals surface area contributed by atoms with Crippen LogP contribution in [0.3, 0.4) is 0 Å². The van der Waals surface area contributed by atoms with Crippen LogP contribution in [0.15, 0.2) is 42.5 Å². The molecule has 1 aliphatic rings. The molecule has 0 saturated carbocycles. The van der Waals surface area contributed by atoms with Crippen molar-refractivity contribution in [2.45, 2.75) is 6.92 Å². The molecule has 2 aromatic rings. The molecule has 0 atom stereocenters. The van der Waals surface area contributed by atoms with E-state index in [1.807, 2.05) is 0 Å². The van der Waals surface area contributed by atoms with Crippen molar-refractivity contribution < 1.29 is 14.0 Å². The van der Waals surface area contributed by atoms with Gasteiger partial charge in [-0.25, -0.2) is 4.39 Å². The number of halogens is 2. The molecule has 0 aliphatic carbocycles. The highest BCUT2D eigenvalue weighted by molar-refractivity contribution is 7.80. The second-order valence-corrected chi connectivity index (χ2v) is 7.36. The van der Waals surface area contributed by atoms with Gasteiger partial charge in [0.1, 0.15) is 5.82 Å². The van der Waals surface area contributed by atoms with E-state index in [9.17, 15) is 14.0 Å². The lowest BCUT2D eigenvalue weighted by molar-refractivity contribution is -0.129. The standard InChI is InChI=1S/C20H20ClFN4O2S/c1-13(27)25-8-10-26(11-9-25)18-16(21)6-3-7-17(18)23-20(29)24-19(28)14-4-2-5-15(22)12-14/h2-7,12H,8-11H2,1H3,(H2,23,24,28,29). The van der Waals surface area contributed by atoms with Gasteiger partial charge in [0.2, 0.25) is 5.91 Å². The largest absolute Gasteiger partial charge is 0.365 e. The van der Waals surface area contributed by atoms with Crippen LogP contribution in [0.5, 0.6) is 0 Å². The molecule has 6 nitrogen and oxygen atoms in total. The zero-order chi connectivity index (χ0) is 21.0. The van der Waals surface area contributed by atoms with Gasteiger partial charge in [0.05, 0.1) is 16.4 Å². The monoisotopic (exact) mass is 434 g/mol. The molecule has 0 aromatic heterocycles. The van der Waals surface area contributed by atoms with Crippen molar-refractivity contribution in [3.05, 3.63) is 58.9 Å². The minimum atomic E-state index is -0.513. The molecule has 0 spiro atoms. The highest BCUT2D eigenvalue weighted by Gasteiger charge is 2.23. The van der Waals surface area contributed by atoms with Crippen LogP contribution in [0, 0.1) is 5.82 Å². The Balaban J connectivity index is 1.71. The maximum Gasteiger partial charge on any atom is 0.257 e. The highest BCUT2D eigenvalue weighted by atomic mass is 35.5. The summed E-state index contributed by atoms with van der Waals surface area (Å²) in [4.78, 5) is 27.7. The van der Waals surface area contributed by atoms with Crippen molar-refractivity contribution in [1.29, 1.82) is 0 Å². The summed E-state index contributed by atoms with van der Waals surface area (Å²) in [5, 5.41) is 6.15. The molecule has 0 bridgehead atoms. The molecule has 1 saturated heterocycles. The van der Waals surface area contributed by atoms with Crippen LogP contribution < -0.4 is 15.5 Å². The Morgan fingerprint density at radius 2 is 1.79 bits per heavy atom. The van der Waals surface area contributed by atoms with Gasteiger partial charge in [-0.1, -0.05) is 23.7 Å². The number of hydrogen-bond donors (Lipinski definition) is 2. The van der Waals surface area contributed by atoms with E-state index in [-0.39, 0.29) is 16.6 Å². The number of carbonyl (C=O) groups is 2. The highest BCUT2D eigenvalue weighted by Crippen LogP contribution is 2.34. The van der Waals surface area contributed by atoms with Gasteiger partial charge < -0.3 is 15.1 Å². The molecule has 1 fully saturated rings. The minimum Gasteiger partial charge on any atom is -0.365 e. The Kier molecular flexibility index (Phi) is 6.66. The van der Waals surface area contributed by atoms with Crippen LogP contribution in [0.2, 0.25) is 5.02 Å². The minimum absolute atomic E-state index is 0.0448. The number of piperazine rings is 1. The van der Waals surface area contributed by atoms with Crippen molar-refractivity contribution in [3.8, 4) is 0 Å². The fraction of sp³-hybridized carbons (Fsp3) is 0.250. The number of nitrogens with one attached hydrogen (secondary N) is 2. The molecule has 0 unspecified atom stereocenters. The second kappa shape index (κ2) is 9.19. The average Bonchev–Trinajstić information content (AvgIpc) is 2.68. The predicted molar refractivity (Wildman–Crippen MR) is 116 cm³/mol. The third-order valence-corrected chi connectivity index (χ3v) is 5.10. The Hall–Kier alpha value is -2.71. The lowest BCUT2D eigenvalue weighted by Gasteiger charge is -2.37. The molecule has 9 heteroatoms. The fourth-order valence-corrected chi connectivity index (χ4v) is 3.64. The van der Waals surface area contributed by atoms with Crippen molar-refractivity contribution in [3.63, 3.8) is 0 Å². The van der Waals surface area contributed by atoms with Gasteiger partial charge in [-0.3, -0.25) is 14.9 Å². The Morgan fingerprint density at radius 3 is 2.45 bits per heavy atom. The number of anilines is 2. The van der Waals surface area contributed by atoms with Crippen molar-refractivity contribution in [1.82, 2.24) is 10.2 Å². The molecule has 1 heterocycles. The Bertz CT molecular complexity index is 948. The molecule has 29 heavy (non-hydrogen) atoms. The maximum absolute atomic E-state index is 13.3. The van der Waals surface area contributed by atoms with Gasteiger partial charge in [-0.05, 0) is 42.5 Å². The quantitative estimate of drug-likeness (QED) is 0.726. The number of benzene rings is 2. The summed E-state index contributed by atoms with van der Waals surface area (Å²) in [5.41, 5.74) is 1.55. The number of thiocarbonyl (C=S) groups is 1. The topological polar surface area (TPSA) is 64.7 Å². The number of para-hydroxylation sites is 1. The molecule has 0 radical (unpaired) electrons. The summed E-state index contributed by atoms with van der Waals surface area (Å²) in [7, 11) is 0. The third-order valence-electron chi connectivity index (χ3n) is 4.59. The van der Waals surface area contributed by atoms with Crippen molar-refractivity contribution in [2.75, 3.05) is 36.4 Å². The Labute approximate surface area is 178 Å². The van der Waals surface area contributed by atoms with Gasteiger partial charge in [0, 0.05) is 38.7 Å². The average molecular weight is 435 g/mol. The lowest BCUT2D eigenvalue weighted by atomic mass is 10.2. The molecule has 2 aromatic carbocycles. The van der Waals surface area contributed by atoms with Gasteiger partial charge in [-0.2, -0.15) is 0 Å². The first-order valence-electron chi connectivity index (χ1n) is 9.02. The maximum atomic E-state index is 13.3. The van der Waals surface area contributed by atoms with E-state index in [0.717, 1.165) is 11.8 Å². The van der Waals surface area contributed by atoms with E-state index in [0.29, 0.717) is 36.9 Å². The molecule has 1 aliphatic heterocycles. The SMILES string of the molecule is CC(=O)N1CCN(c2c(Cl)cccc2NC(=S)NC(=O)c2cccc(F)c2)CC1. The summed E-state index contributed by atoms with van der Waals surface area (Å²) in [6, 6.07) is 10.7. The number of rotatable bonds is 3. The van der Waals surface area contributed by atoms with Crippen LogP contribution >= 0.6 is 23.8 Å². The van der Waals surface area contributed by atoms with E-state index < -0.39 is 11.7 Å². The molecular weight excluding hydrogens is 415 g/mol. The molecule has 152 valence electrons. The number of carbonyl (C=O) groups excluding carboxylic acids is 2. The fourth-order valence-electron chi connectivity index (χ4n) is 3.14. The first kappa shape index (κ1) is 21.0. The van der Waals surface area contributed by atoms with Gasteiger partial charge in [0.25, 0.3) is 5.91 Å². The predicted octanol–water partition coefficient (Wildman–Crippen LogP) is 3.27. The summed E-state index contributed by atoms with van der Waals surface area (Å²) in [6.07, 6.45) is 0. The zero-order valence-corrected chi connectivity index (χ0v) is 17.3. The van der Waals surface area contributed by atoms with Crippen LogP contribution in [-0.4, -0.2) is 48.0 Å². The first-order valence-corrected chi connectivity index (χ1v) is 9.80. The van der Waals surface area contributed by atoms with Gasteiger partial charge in [-0.15, -0.1) is 0 Å². The number of amides is 2. The molecule has 2 N–H and O–H groups in total. The number of hydrogen-bond acceptors (Lipinski definition) is 4. The van der Waals surface area contributed by atoms with Crippen LogP contribution in [-0.2, 0) is 4.79 Å². The van der Waals surface area contributed by atoms with Crippen LogP contribution in [0.25, 0.3) is 0 Å². The smallest absolute Gasteiger partial charge is 0.257 e. The van der Waals surface area contributed by atoms with Gasteiger partial charge in [0.15, 0.2) is 5.11 Å². The zero-order valence-electron chi connectivity index (χ0n) is 15.7. The Morgan fingerprint density at radius 1 is 1.10 bits per heavy atom. The molecular formula is C20H20ClFN4O2S. The van der Waals surface area contributed by atoms with E-state index in [2.05, 4.69) is 15.5 Å². The van der Waals surface area contributed by atoms with Crippen LogP contribution in [0.4, 0.5) is 15.8 Å². The molecule has 3 rings (SSSR count). The number of nitrogens with zero attached hydrogens (tertiary/aromatic N) is 2. The summed E-state index contributed by atoms with van der Waals surface area (Å²) >= 11 is 11.7. The van der Waals surface area contributed by atoms with Crippen molar-refractivity contribution in [2.24, 2.45) is 0 Å². The molecule has 2 amide bonds. The lowest BCUT2D eigenvalue weighted by Crippen LogP contribution is -2.48. The first-order chi connectivity index (χ1) is 13.8. The van der Waals surface area contributed by atoms with E-state index in [4.69, 9.17) is 23.8 Å². The summed E-state index contributed by atoms with van der Waals surface area (Å²) in [6.45, 7) is 4.00. The van der Waals surface area contributed by atoms with Gasteiger partial charge >= 0.3 is 0 Å².